The van der Waals surface area contributed by atoms with Crippen molar-refractivity contribution in [1.29, 1.82) is 0 Å². The van der Waals surface area contributed by atoms with Crippen LogP contribution in [0.15, 0.2) is 54.6 Å². The lowest BCUT2D eigenvalue weighted by atomic mass is 10.1. The van der Waals surface area contributed by atoms with E-state index in [2.05, 4.69) is 5.32 Å². The number of nitrogens with zero attached hydrogens (tertiary/aromatic N) is 1. The number of anilines is 2. The van der Waals surface area contributed by atoms with Gasteiger partial charge >= 0.3 is 11.9 Å². The summed E-state index contributed by atoms with van der Waals surface area (Å²) in [5, 5.41) is 2.58. The Labute approximate surface area is 173 Å². The zero-order valence-electron chi connectivity index (χ0n) is 16.5. The Morgan fingerprint density at radius 1 is 1.03 bits per heavy atom. The van der Waals surface area contributed by atoms with Crippen LogP contribution in [0, 0.1) is 5.92 Å². The zero-order valence-corrected chi connectivity index (χ0v) is 16.5. The van der Waals surface area contributed by atoms with Gasteiger partial charge in [-0.05, 0) is 43.3 Å². The number of amides is 2. The van der Waals surface area contributed by atoms with Crippen LogP contribution in [0.5, 0.6) is 0 Å². The molecular formula is C22H22N2O6. The van der Waals surface area contributed by atoms with Crippen LogP contribution in [0.1, 0.15) is 23.7 Å². The quantitative estimate of drug-likeness (QED) is 0.704. The van der Waals surface area contributed by atoms with Gasteiger partial charge in [-0.15, -0.1) is 0 Å². The monoisotopic (exact) mass is 410 g/mol. The molecule has 1 saturated heterocycles. The highest BCUT2D eigenvalue weighted by atomic mass is 16.5. The smallest absolute Gasteiger partial charge is 0.338 e. The number of nitrogens with one attached hydrogen (secondary N) is 1. The first-order valence-corrected chi connectivity index (χ1v) is 9.57. The highest BCUT2D eigenvalue weighted by molar-refractivity contribution is 6.00. The minimum Gasteiger partial charge on any atom is -0.462 e. The average molecular weight is 410 g/mol. The Balaban J connectivity index is 1.47. The Morgan fingerprint density at radius 2 is 1.73 bits per heavy atom. The predicted octanol–water partition coefficient (Wildman–Crippen LogP) is 2.40. The third-order valence-corrected chi connectivity index (χ3v) is 4.55. The molecule has 156 valence electrons. The van der Waals surface area contributed by atoms with Crippen LogP contribution >= 0.6 is 0 Å². The van der Waals surface area contributed by atoms with E-state index in [0.717, 1.165) is 5.69 Å². The number of para-hydroxylation sites is 1. The molecule has 0 unspecified atom stereocenters. The molecule has 2 amide bonds. The van der Waals surface area contributed by atoms with Crippen molar-refractivity contribution < 1.29 is 28.7 Å². The SMILES string of the molecule is CCOC(=O)c1ccc(NC(=O)COC(=O)[C@@H]2CC(=O)N(c3ccccc3)C2)cc1. The van der Waals surface area contributed by atoms with E-state index in [4.69, 9.17) is 9.47 Å². The van der Waals surface area contributed by atoms with E-state index < -0.39 is 30.4 Å². The van der Waals surface area contributed by atoms with Gasteiger partial charge in [0.25, 0.3) is 5.91 Å². The molecule has 0 bridgehead atoms. The molecule has 1 fully saturated rings. The first-order chi connectivity index (χ1) is 14.5. The van der Waals surface area contributed by atoms with Crippen LogP contribution in [0.3, 0.4) is 0 Å². The first-order valence-electron chi connectivity index (χ1n) is 9.57. The van der Waals surface area contributed by atoms with Gasteiger partial charge in [0.1, 0.15) is 0 Å². The number of benzene rings is 2. The fourth-order valence-electron chi connectivity index (χ4n) is 3.08. The molecule has 8 nitrogen and oxygen atoms in total. The Hall–Kier alpha value is -3.68. The molecule has 30 heavy (non-hydrogen) atoms. The van der Waals surface area contributed by atoms with Crippen LogP contribution in [0.25, 0.3) is 0 Å². The van der Waals surface area contributed by atoms with E-state index in [1.165, 1.54) is 17.0 Å². The van der Waals surface area contributed by atoms with E-state index in [9.17, 15) is 19.2 Å². The van der Waals surface area contributed by atoms with Gasteiger partial charge in [-0.25, -0.2) is 4.79 Å². The lowest BCUT2D eigenvalue weighted by molar-refractivity contribution is -0.151. The molecule has 1 aliphatic heterocycles. The molecule has 0 spiro atoms. The number of esters is 2. The zero-order chi connectivity index (χ0) is 21.5. The third-order valence-electron chi connectivity index (χ3n) is 4.55. The molecule has 1 atom stereocenters. The highest BCUT2D eigenvalue weighted by Gasteiger charge is 2.36. The summed E-state index contributed by atoms with van der Waals surface area (Å²) in [6.07, 6.45) is 0.0463. The van der Waals surface area contributed by atoms with Crippen LogP contribution in [0.2, 0.25) is 0 Å². The molecule has 0 saturated carbocycles. The maximum Gasteiger partial charge on any atom is 0.338 e. The van der Waals surface area contributed by atoms with Crippen LogP contribution < -0.4 is 10.2 Å². The van der Waals surface area contributed by atoms with Gasteiger partial charge in [-0.1, -0.05) is 18.2 Å². The third kappa shape index (κ3) is 5.22. The summed E-state index contributed by atoms with van der Waals surface area (Å²) < 4.78 is 9.98. The number of rotatable bonds is 7. The lowest BCUT2D eigenvalue weighted by Gasteiger charge is -2.16. The minimum atomic E-state index is -0.616. The van der Waals surface area contributed by atoms with Gasteiger partial charge in [-0.2, -0.15) is 0 Å². The molecule has 0 radical (unpaired) electrons. The van der Waals surface area contributed by atoms with E-state index in [1.54, 1.807) is 31.2 Å². The molecule has 2 aromatic carbocycles. The van der Waals surface area contributed by atoms with Crippen molar-refractivity contribution in [3.63, 3.8) is 0 Å². The van der Waals surface area contributed by atoms with E-state index in [-0.39, 0.29) is 25.5 Å². The Bertz CT molecular complexity index is 926. The van der Waals surface area contributed by atoms with Gasteiger partial charge in [0.2, 0.25) is 5.91 Å². The summed E-state index contributed by atoms with van der Waals surface area (Å²) in [5.74, 6) is -2.32. The van der Waals surface area contributed by atoms with Crippen molar-refractivity contribution in [3.05, 3.63) is 60.2 Å². The summed E-state index contributed by atoms with van der Waals surface area (Å²) in [4.78, 5) is 49.7. The second-order valence-corrected chi connectivity index (χ2v) is 6.69. The molecule has 1 N–H and O–H groups in total. The van der Waals surface area contributed by atoms with E-state index >= 15 is 0 Å². The Kier molecular flexibility index (Phi) is 6.79. The van der Waals surface area contributed by atoms with Crippen molar-refractivity contribution >= 4 is 35.1 Å². The topological polar surface area (TPSA) is 102 Å². The molecule has 8 heteroatoms. The molecular weight excluding hydrogens is 388 g/mol. The van der Waals surface area contributed by atoms with Gasteiger partial charge in [-0.3, -0.25) is 14.4 Å². The number of hydrogen-bond acceptors (Lipinski definition) is 6. The van der Waals surface area contributed by atoms with Crippen LogP contribution in [0.4, 0.5) is 11.4 Å². The summed E-state index contributed by atoms with van der Waals surface area (Å²) in [7, 11) is 0. The number of carbonyl (C=O) groups excluding carboxylic acids is 4. The largest absolute Gasteiger partial charge is 0.462 e. The van der Waals surface area contributed by atoms with Crippen molar-refractivity contribution in [2.45, 2.75) is 13.3 Å². The fraction of sp³-hybridized carbons (Fsp3) is 0.273. The highest BCUT2D eigenvalue weighted by Crippen LogP contribution is 2.25. The average Bonchev–Trinajstić information content (AvgIpc) is 3.15. The van der Waals surface area contributed by atoms with Gasteiger partial charge in [0, 0.05) is 24.3 Å². The summed E-state index contributed by atoms with van der Waals surface area (Å²) in [5.41, 5.74) is 1.55. The maximum absolute atomic E-state index is 12.3. The van der Waals surface area contributed by atoms with Gasteiger partial charge in [0.05, 0.1) is 18.1 Å². The molecule has 1 aliphatic rings. The second-order valence-electron chi connectivity index (χ2n) is 6.69. The number of hydrogen-bond donors (Lipinski definition) is 1. The molecule has 2 aromatic rings. The summed E-state index contributed by atoms with van der Waals surface area (Å²) in [6.45, 7) is 1.75. The number of ether oxygens (including phenoxy) is 2. The molecule has 0 aliphatic carbocycles. The number of carbonyl (C=O) groups is 4. The van der Waals surface area contributed by atoms with Crippen LogP contribution in [-0.4, -0.2) is 43.5 Å². The first kappa shape index (κ1) is 21.0. The Morgan fingerprint density at radius 3 is 2.40 bits per heavy atom. The summed E-state index contributed by atoms with van der Waals surface area (Å²) >= 11 is 0. The van der Waals surface area contributed by atoms with Crippen molar-refractivity contribution in [1.82, 2.24) is 0 Å². The fourth-order valence-corrected chi connectivity index (χ4v) is 3.08. The van der Waals surface area contributed by atoms with Crippen molar-refractivity contribution in [2.75, 3.05) is 30.0 Å². The molecule has 1 heterocycles. The lowest BCUT2D eigenvalue weighted by Crippen LogP contribution is -2.28. The normalized spacial score (nSPS) is 15.6. The standard InChI is InChI=1S/C22H22N2O6/c1-2-29-21(27)15-8-10-17(11-9-15)23-19(25)14-30-22(28)16-12-20(26)24(13-16)18-6-4-3-5-7-18/h3-11,16H,2,12-14H2,1H3,(H,23,25)/t16-/m1/s1. The van der Waals surface area contributed by atoms with Crippen molar-refractivity contribution in [2.24, 2.45) is 5.92 Å². The van der Waals surface area contributed by atoms with E-state index in [1.807, 2.05) is 18.2 Å². The minimum absolute atomic E-state index is 0.0463. The molecule has 0 aromatic heterocycles. The predicted molar refractivity (Wildman–Crippen MR) is 109 cm³/mol. The molecule has 3 rings (SSSR count). The van der Waals surface area contributed by atoms with Crippen molar-refractivity contribution in [3.8, 4) is 0 Å². The van der Waals surface area contributed by atoms with E-state index in [0.29, 0.717) is 11.3 Å². The summed E-state index contributed by atoms with van der Waals surface area (Å²) in [6, 6.07) is 15.2. The van der Waals surface area contributed by atoms with Crippen LogP contribution in [-0.2, 0) is 23.9 Å². The van der Waals surface area contributed by atoms with Gasteiger partial charge in [0.15, 0.2) is 6.61 Å². The second kappa shape index (κ2) is 9.69. The van der Waals surface area contributed by atoms with Gasteiger partial charge < -0.3 is 19.7 Å². The maximum atomic E-state index is 12.3.